The van der Waals surface area contributed by atoms with Crippen LogP contribution < -0.4 is 5.73 Å². The van der Waals surface area contributed by atoms with Crippen LogP contribution in [0.15, 0.2) is 48.7 Å². The summed E-state index contributed by atoms with van der Waals surface area (Å²) in [5.41, 5.74) is 10.2. The van der Waals surface area contributed by atoms with Crippen LogP contribution in [0.1, 0.15) is 5.56 Å². The minimum absolute atomic E-state index is 0.641. The van der Waals surface area contributed by atoms with Gasteiger partial charge in [0.05, 0.1) is 11.4 Å². The number of aromatic nitrogens is 2. The highest BCUT2D eigenvalue weighted by atomic mass is 16.4. The van der Waals surface area contributed by atoms with Crippen LogP contribution in [0.2, 0.25) is 0 Å². The van der Waals surface area contributed by atoms with Crippen LogP contribution in [0.5, 0.6) is 0 Å². The van der Waals surface area contributed by atoms with Crippen molar-refractivity contribution in [3.63, 3.8) is 0 Å². The number of nitrogens with one attached hydrogen (secondary N) is 1. The standard InChI is InChI=1S/C15H15N3.C2H2O4/c16-9-8-12-11-5-1-2-6-13(11)18-15(12)14-7-3-4-10-17-14;3-1(4)2(5)6/h1-7,10,18H,8-9,16H2;(H,3,4)(H,5,6). The van der Waals surface area contributed by atoms with Gasteiger partial charge < -0.3 is 20.9 Å². The number of rotatable bonds is 3. The lowest BCUT2D eigenvalue weighted by atomic mass is 10.1. The third-order valence-electron chi connectivity index (χ3n) is 3.31. The molecule has 3 aromatic rings. The number of pyridine rings is 1. The average Bonchev–Trinajstić information content (AvgIpc) is 2.95. The van der Waals surface area contributed by atoms with E-state index in [1.807, 2.05) is 30.5 Å². The van der Waals surface area contributed by atoms with E-state index < -0.39 is 11.9 Å². The number of carbonyl (C=O) groups is 2. The van der Waals surface area contributed by atoms with Crippen LogP contribution in [0, 0.1) is 0 Å². The minimum atomic E-state index is -1.82. The summed E-state index contributed by atoms with van der Waals surface area (Å²) in [5.74, 6) is -3.65. The summed E-state index contributed by atoms with van der Waals surface area (Å²) in [5, 5.41) is 16.0. The first-order valence-corrected chi connectivity index (χ1v) is 7.22. The van der Waals surface area contributed by atoms with E-state index in [1.54, 1.807) is 0 Å². The van der Waals surface area contributed by atoms with Crippen LogP contribution in [0.3, 0.4) is 0 Å². The van der Waals surface area contributed by atoms with Crippen LogP contribution >= 0.6 is 0 Å². The van der Waals surface area contributed by atoms with E-state index in [0.29, 0.717) is 6.54 Å². The number of para-hydroxylation sites is 1. The van der Waals surface area contributed by atoms with E-state index in [0.717, 1.165) is 23.3 Å². The van der Waals surface area contributed by atoms with Gasteiger partial charge in [-0.05, 0) is 36.7 Å². The summed E-state index contributed by atoms with van der Waals surface area (Å²) in [6.45, 7) is 0.641. The first-order chi connectivity index (χ1) is 11.5. The van der Waals surface area contributed by atoms with Gasteiger partial charge in [0.1, 0.15) is 0 Å². The molecule has 3 rings (SSSR count). The van der Waals surface area contributed by atoms with E-state index >= 15 is 0 Å². The normalized spacial score (nSPS) is 10.0. The number of nitrogens with two attached hydrogens (primary N) is 1. The molecule has 0 saturated carbocycles. The van der Waals surface area contributed by atoms with Gasteiger partial charge in [0.15, 0.2) is 0 Å². The molecular weight excluding hydrogens is 310 g/mol. The Balaban J connectivity index is 0.000000301. The average molecular weight is 327 g/mol. The largest absolute Gasteiger partial charge is 0.473 e. The molecule has 7 heteroatoms. The lowest BCUT2D eigenvalue weighted by Crippen LogP contribution is -2.09. The highest BCUT2D eigenvalue weighted by Crippen LogP contribution is 2.29. The smallest absolute Gasteiger partial charge is 0.414 e. The second kappa shape index (κ2) is 7.89. The van der Waals surface area contributed by atoms with Gasteiger partial charge in [0, 0.05) is 17.1 Å². The molecule has 0 unspecified atom stereocenters. The van der Waals surface area contributed by atoms with Gasteiger partial charge in [-0.2, -0.15) is 0 Å². The van der Waals surface area contributed by atoms with E-state index in [2.05, 4.69) is 28.2 Å². The lowest BCUT2D eigenvalue weighted by Gasteiger charge is -2.02. The van der Waals surface area contributed by atoms with Gasteiger partial charge >= 0.3 is 11.9 Å². The molecule has 0 radical (unpaired) electrons. The highest BCUT2D eigenvalue weighted by molar-refractivity contribution is 6.27. The van der Waals surface area contributed by atoms with Crippen LogP contribution in [0.25, 0.3) is 22.3 Å². The number of carboxylic acids is 2. The van der Waals surface area contributed by atoms with Crippen molar-refractivity contribution in [1.29, 1.82) is 0 Å². The number of hydrogen-bond donors (Lipinski definition) is 4. The zero-order chi connectivity index (χ0) is 17.5. The Hall–Kier alpha value is -3.19. The molecule has 5 N–H and O–H groups in total. The van der Waals surface area contributed by atoms with Crippen LogP contribution in [-0.2, 0) is 16.0 Å². The molecule has 0 aliphatic heterocycles. The molecule has 0 saturated heterocycles. The molecule has 124 valence electrons. The predicted molar refractivity (Wildman–Crippen MR) is 89.6 cm³/mol. The Labute approximate surface area is 137 Å². The molecule has 0 fully saturated rings. The van der Waals surface area contributed by atoms with Crippen molar-refractivity contribution in [1.82, 2.24) is 9.97 Å². The summed E-state index contributed by atoms with van der Waals surface area (Å²) >= 11 is 0. The molecule has 0 aliphatic carbocycles. The Kier molecular flexibility index (Phi) is 5.64. The number of nitrogens with zero attached hydrogens (tertiary/aromatic N) is 1. The maximum absolute atomic E-state index is 9.10. The Morgan fingerprint density at radius 2 is 1.71 bits per heavy atom. The minimum Gasteiger partial charge on any atom is -0.473 e. The van der Waals surface area contributed by atoms with Gasteiger partial charge in [-0.1, -0.05) is 24.3 Å². The van der Waals surface area contributed by atoms with Crippen LogP contribution in [-0.4, -0.2) is 38.7 Å². The van der Waals surface area contributed by atoms with Gasteiger partial charge in [0.2, 0.25) is 0 Å². The molecular formula is C17H17N3O4. The molecule has 0 bridgehead atoms. The Morgan fingerprint density at radius 1 is 1.04 bits per heavy atom. The fraction of sp³-hybridized carbons (Fsp3) is 0.118. The van der Waals surface area contributed by atoms with Gasteiger partial charge in [0.25, 0.3) is 0 Å². The van der Waals surface area contributed by atoms with Crippen molar-refractivity contribution in [2.24, 2.45) is 5.73 Å². The topological polar surface area (TPSA) is 129 Å². The number of H-pyrrole nitrogens is 1. The van der Waals surface area contributed by atoms with Crippen molar-refractivity contribution in [3.8, 4) is 11.4 Å². The third kappa shape index (κ3) is 3.96. The molecule has 0 amide bonds. The molecule has 0 atom stereocenters. The fourth-order valence-electron chi connectivity index (χ4n) is 2.33. The van der Waals surface area contributed by atoms with Gasteiger partial charge in [-0.25, -0.2) is 9.59 Å². The van der Waals surface area contributed by atoms with Gasteiger partial charge in [-0.3, -0.25) is 4.98 Å². The Morgan fingerprint density at radius 3 is 2.29 bits per heavy atom. The molecule has 24 heavy (non-hydrogen) atoms. The summed E-state index contributed by atoms with van der Waals surface area (Å²) in [6.07, 6.45) is 2.67. The van der Waals surface area contributed by atoms with E-state index in [9.17, 15) is 0 Å². The molecule has 2 heterocycles. The number of aromatic amines is 1. The van der Waals surface area contributed by atoms with E-state index in [4.69, 9.17) is 25.5 Å². The zero-order valence-electron chi connectivity index (χ0n) is 12.8. The Bertz CT molecular complexity index is 831. The third-order valence-corrected chi connectivity index (χ3v) is 3.31. The number of benzene rings is 1. The highest BCUT2D eigenvalue weighted by Gasteiger charge is 2.12. The monoisotopic (exact) mass is 327 g/mol. The number of carboxylic acid groups (broad SMARTS) is 2. The van der Waals surface area contributed by atoms with Gasteiger partial charge in [-0.15, -0.1) is 0 Å². The molecule has 2 aromatic heterocycles. The number of hydrogen-bond acceptors (Lipinski definition) is 4. The number of fused-ring (bicyclic) bond motifs is 1. The SMILES string of the molecule is NCCc1c(-c2ccccn2)[nH]c2ccccc12.O=C(O)C(=O)O. The lowest BCUT2D eigenvalue weighted by molar-refractivity contribution is -0.159. The molecule has 7 nitrogen and oxygen atoms in total. The summed E-state index contributed by atoms with van der Waals surface area (Å²) < 4.78 is 0. The summed E-state index contributed by atoms with van der Waals surface area (Å²) in [6, 6.07) is 14.2. The predicted octanol–water partition coefficient (Wildman–Crippen LogP) is 1.89. The maximum Gasteiger partial charge on any atom is 0.414 e. The van der Waals surface area contributed by atoms with E-state index in [1.165, 1.54) is 10.9 Å². The summed E-state index contributed by atoms with van der Waals surface area (Å²) in [4.78, 5) is 26.1. The second-order valence-electron chi connectivity index (χ2n) is 4.89. The molecule has 1 aromatic carbocycles. The van der Waals surface area contributed by atoms with Crippen molar-refractivity contribution < 1.29 is 19.8 Å². The quantitative estimate of drug-likeness (QED) is 0.544. The molecule has 0 spiro atoms. The first-order valence-electron chi connectivity index (χ1n) is 7.22. The van der Waals surface area contributed by atoms with E-state index in [-0.39, 0.29) is 0 Å². The van der Waals surface area contributed by atoms with Crippen molar-refractivity contribution in [2.75, 3.05) is 6.54 Å². The zero-order valence-corrected chi connectivity index (χ0v) is 12.8. The number of aliphatic carboxylic acids is 2. The van der Waals surface area contributed by atoms with Crippen molar-refractivity contribution >= 4 is 22.8 Å². The summed E-state index contributed by atoms with van der Waals surface area (Å²) in [7, 11) is 0. The van der Waals surface area contributed by atoms with Crippen LogP contribution in [0.4, 0.5) is 0 Å². The second-order valence-corrected chi connectivity index (χ2v) is 4.89. The fourth-order valence-corrected chi connectivity index (χ4v) is 2.33. The molecule has 0 aliphatic rings. The maximum atomic E-state index is 9.10. The van der Waals surface area contributed by atoms with Crippen molar-refractivity contribution in [2.45, 2.75) is 6.42 Å². The van der Waals surface area contributed by atoms with Crippen molar-refractivity contribution in [3.05, 3.63) is 54.2 Å². The first kappa shape index (κ1) is 17.2.